The van der Waals surface area contributed by atoms with Crippen LogP contribution in [0.3, 0.4) is 0 Å². The number of hydrogen-bond donors (Lipinski definition) is 1. The zero-order chi connectivity index (χ0) is 23.4. The molecule has 3 aromatic carbocycles. The van der Waals surface area contributed by atoms with Crippen LogP contribution in [0.15, 0.2) is 82.4 Å². The topological polar surface area (TPSA) is 37.5 Å². The first-order chi connectivity index (χ1) is 15.7. The smallest absolute Gasteiger partial charge is 0.375 e. The third-order valence-corrected chi connectivity index (χ3v) is 6.65. The first-order valence-corrected chi connectivity index (χ1v) is 10.9. The number of aromatic nitrogens is 1. The minimum absolute atomic E-state index is 0.270. The zero-order valence-electron chi connectivity index (χ0n) is 17.0. The Morgan fingerprint density at radius 1 is 1.00 bits per heavy atom. The SMILES string of the molecule is OC(Cn1ccc2cccc(Br)c21)(c1ccc2c(c1)C=NC2c1ccc(F)cc1)C(F)(F)F. The van der Waals surface area contributed by atoms with Crippen LogP contribution in [0.5, 0.6) is 0 Å². The number of benzene rings is 3. The van der Waals surface area contributed by atoms with Crippen LogP contribution < -0.4 is 0 Å². The molecule has 1 N–H and O–H groups in total. The van der Waals surface area contributed by atoms with E-state index in [1.165, 1.54) is 41.2 Å². The second-order valence-corrected chi connectivity index (χ2v) is 8.91. The number of para-hydroxylation sites is 1. The fraction of sp³-hybridized carbons (Fsp3) is 0.160. The summed E-state index contributed by atoms with van der Waals surface area (Å²) in [6, 6.07) is 16.6. The molecule has 0 bridgehead atoms. The molecule has 4 aromatic rings. The predicted molar refractivity (Wildman–Crippen MR) is 122 cm³/mol. The number of halogens is 5. The molecule has 2 heterocycles. The van der Waals surface area contributed by atoms with Crippen LogP contribution in [0.2, 0.25) is 0 Å². The molecule has 0 saturated carbocycles. The largest absolute Gasteiger partial charge is 0.423 e. The maximum absolute atomic E-state index is 14.3. The van der Waals surface area contributed by atoms with Crippen molar-refractivity contribution in [1.82, 2.24) is 4.57 Å². The minimum Gasteiger partial charge on any atom is -0.375 e. The van der Waals surface area contributed by atoms with E-state index in [2.05, 4.69) is 20.9 Å². The van der Waals surface area contributed by atoms with Gasteiger partial charge in [-0.2, -0.15) is 13.2 Å². The quantitative estimate of drug-likeness (QED) is 0.308. The Bertz CT molecular complexity index is 1380. The highest BCUT2D eigenvalue weighted by molar-refractivity contribution is 9.10. The summed E-state index contributed by atoms with van der Waals surface area (Å²) in [7, 11) is 0. The van der Waals surface area contributed by atoms with E-state index in [9.17, 15) is 22.7 Å². The van der Waals surface area contributed by atoms with E-state index < -0.39 is 24.4 Å². The van der Waals surface area contributed by atoms with Gasteiger partial charge in [0.15, 0.2) is 0 Å². The molecule has 1 aromatic heterocycles. The van der Waals surface area contributed by atoms with Crippen molar-refractivity contribution < 1.29 is 22.7 Å². The number of nitrogens with zero attached hydrogens (tertiary/aromatic N) is 2. The van der Waals surface area contributed by atoms with Gasteiger partial charge in [0.2, 0.25) is 5.60 Å². The number of aliphatic hydroxyl groups is 1. The van der Waals surface area contributed by atoms with Crippen LogP contribution in [0.4, 0.5) is 17.6 Å². The van der Waals surface area contributed by atoms with E-state index in [0.717, 1.165) is 10.9 Å². The lowest BCUT2D eigenvalue weighted by Crippen LogP contribution is -2.45. The average Bonchev–Trinajstić information content (AvgIpc) is 3.38. The van der Waals surface area contributed by atoms with E-state index in [4.69, 9.17) is 0 Å². The van der Waals surface area contributed by atoms with Crippen molar-refractivity contribution in [3.8, 4) is 0 Å². The van der Waals surface area contributed by atoms with E-state index in [0.29, 0.717) is 21.1 Å². The molecule has 8 heteroatoms. The molecule has 2 unspecified atom stereocenters. The normalized spacial score (nSPS) is 17.3. The second-order valence-electron chi connectivity index (χ2n) is 8.06. The third-order valence-electron chi connectivity index (χ3n) is 6.01. The van der Waals surface area contributed by atoms with E-state index in [-0.39, 0.29) is 11.4 Å². The Hall–Kier alpha value is -2.97. The summed E-state index contributed by atoms with van der Waals surface area (Å²) in [5.74, 6) is -0.379. The van der Waals surface area contributed by atoms with E-state index >= 15 is 0 Å². The predicted octanol–water partition coefficient (Wildman–Crippen LogP) is 6.51. The lowest BCUT2D eigenvalue weighted by Gasteiger charge is -2.32. The number of aliphatic imine (C=N–C) groups is 1. The van der Waals surface area contributed by atoms with Gasteiger partial charge in [0, 0.05) is 22.3 Å². The number of hydrogen-bond acceptors (Lipinski definition) is 2. The molecule has 3 nitrogen and oxygen atoms in total. The lowest BCUT2D eigenvalue weighted by molar-refractivity contribution is -0.271. The highest BCUT2D eigenvalue weighted by Crippen LogP contribution is 2.43. The van der Waals surface area contributed by atoms with Crippen molar-refractivity contribution in [2.45, 2.75) is 24.4 Å². The summed E-state index contributed by atoms with van der Waals surface area (Å²) < 4.78 is 58.1. The van der Waals surface area contributed by atoms with Crippen LogP contribution in [0.1, 0.15) is 28.3 Å². The van der Waals surface area contributed by atoms with Crippen LogP contribution in [0, 0.1) is 5.82 Å². The van der Waals surface area contributed by atoms with Crippen molar-refractivity contribution in [1.29, 1.82) is 0 Å². The van der Waals surface area contributed by atoms with Gasteiger partial charge >= 0.3 is 6.18 Å². The summed E-state index contributed by atoms with van der Waals surface area (Å²) in [6.45, 7) is -0.708. The van der Waals surface area contributed by atoms with E-state index in [1.54, 1.807) is 42.5 Å². The van der Waals surface area contributed by atoms with Crippen LogP contribution in [-0.2, 0) is 12.1 Å². The highest BCUT2D eigenvalue weighted by atomic mass is 79.9. The van der Waals surface area contributed by atoms with Gasteiger partial charge in [0.05, 0.1) is 12.1 Å². The van der Waals surface area contributed by atoms with Crippen molar-refractivity contribution in [2.24, 2.45) is 4.99 Å². The van der Waals surface area contributed by atoms with Gasteiger partial charge in [-0.3, -0.25) is 4.99 Å². The van der Waals surface area contributed by atoms with Gasteiger partial charge in [-0.15, -0.1) is 0 Å². The van der Waals surface area contributed by atoms with Gasteiger partial charge in [0.25, 0.3) is 0 Å². The zero-order valence-corrected chi connectivity index (χ0v) is 18.6. The summed E-state index contributed by atoms with van der Waals surface area (Å²) in [6.07, 6.45) is -1.90. The standard InChI is InChI=1S/C25H17BrF4N2O/c26-21-3-1-2-16-10-11-32(23(16)21)14-24(33,25(28,29)30)18-6-9-20-17(12-18)13-31-22(20)15-4-7-19(27)8-5-15/h1-13,22,33H,14H2. The minimum atomic E-state index is -4.93. The molecule has 0 radical (unpaired) electrons. The monoisotopic (exact) mass is 516 g/mol. The first kappa shape index (κ1) is 21.9. The van der Waals surface area contributed by atoms with Gasteiger partial charge in [-0.25, -0.2) is 4.39 Å². The first-order valence-electron chi connectivity index (χ1n) is 10.1. The van der Waals surface area contributed by atoms with Gasteiger partial charge in [-0.05, 0) is 68.5 Å². The van der Waals surface area contributed by atoms with Crippen molar-refractivity contribution >= 4 is 33.0 Å². The number of alkyl halides is 3. The third kappa shape index (κ3) is 3.67. The number of fused-ring (bicyclic) bond motifs is 2. The number of rotatable bonds is 4. The summed E-state index contributed by atoms with van der Waals surface area (Å²) >= 11 is 3.39. The van der Waals surface area contributed by atoms with Crippen LogP contribution >= 0.6 is 15.9 Å². The van der Waals surface area contributed by atoms with Crippen molar-refractivity contribution in [3.05, 3.63) is 105 Å². The second kappa shape index (κ2) is 7.81. The average molecular weight is 517 g/mol. The molecule has 0 fully saturated rings. The maximum Gasteiger partial charge on any atom is 0.423 e. The summed E-state index contributed by atoms with van der Waals surface area (Å²) in [5, 5.41) is 11.8. The molecular weight excluding hydrogens is 500 g/mol. The molecule has 5 rings (SSSR count). The molecule has 0 saturated heterocycles. The fourth-order valence-corrected chi connectivity index (χ4v) is 4.89. The molecule has 0 amide bonds. The molecule has 0 aliphatic carbocycles. The Morgan fingerprint density at radius 3 is 2.48 bits per heavy atom. The Balaban J connectivity index is 1.55. The maximum atomic E-state index is 14.3. The Kier molecular flexibility index (Phi) is 5.17. The van der Waals surface area contributed by atoms with E-state index in [1.807, 2.05) is 0 Å². The van der Waals surface area contributed by atoms with Gasteiger partial charge < -0.3 is 9.67 Å². The summed E-state index contributed by atoms with van der Waals surface area (Å²) in [5.41, 5.74) is -0.903. The van der Waals surface area contributed by atoms with Crippen LogP contribution in [0.25, 0.3) is 10.9 Å². The molecule has 1 aliphatic heterocycles. The van der Waals surface area contributed by atoms with Crippen molar-refractivity contribution in [2.75, 3.05) is 0 Å². The highest BCUT2D eigenvalue weighted by Gasteiger charge is 2.55. The Labute approximate surface area is 195 Å². The van der Waals surface area contributed by atoms with Gasteiger partial charge in [-0.1, -0.05) is 36.4 Å². The molecule has 168 valence electrons. The molecule has 33 heavy (non-hydrogen) atoms. The van der Waals surface area contributed by atoms with Gasteiger partial charge in [0.1, 0.15) is 11.9 Å². The molecule has 1 aliphatic rings. The molecular formula is C25H17BrF4N2O. The molecule has 2 atom stereocenters. The van der Waals surface area contributed by atoms with Crippen molar-refractivity contribution in [3.63, 3.8) is 0 Å². The lowest BCUT2D eigenvalue weighted by atomic mass is 9.88. The van der Waals surface area contributed by atoms with Crippen LogP contribution in [-0.4, -0.2) is 22.1 Å². The summed E-state index contributed by atoms with van der Waals surface area (Å²) in [4.78, 5) is 4.40. The fourth-order valence-electron chi connectivity index (χ4n) is 4.28. The Morgan fingerprint density at radius 2 is 1.76 bits per heavy atom. The molecule has 0 spiro atoms.